The van der Waals surface area contributed by atoms with E-state index in [0.29, 0.717) is 17.8 Å². The van der Waals surface area contributed by atoms with E-state index in [1.54, 1.807) is 25.2 Å². The van der Waals surface area contributed by atoms with E-state index in [-0.39, 0.29) is 41.5 Å². The first-order valence-corrected chi connectivity index (χ1v) is 9.95. The summed E-state index contributed by atoms with van der Waals surface area (Å²) >= 11 is 0. The molecule has 3 rings (SSSR count). The van der Waals surface area contributed by atoms with E-state index in [2.05, 4.69) is 15.3 Å². The number of sulfone groups is 1. The summed E-state index contributed by atoms with van der Waals surface area (Å²) in [4.78, 5) is 22.0. The zero-order valence-corrected chi connectivity index (χ0v) is 15.0. The van der Waals surface area contributed by atoms with Crippen LogP contribution in [0.25, 0.3) is 0 Å². The standard InChI is InChI=1S/C17H19FN4O3S/c1-22(13-6-7-26(24,25)10-13)17(23)15-8-16(21-11-20-15)19-9-12-4-2-3-5-14(12)18/h2-5,8,11,13H,6-7,9-10H2,1H3,(H,19,20,21). The first kappa shape index (κ1) is 18.2. The topological polar surface area (TPSA) is 92.3 Å². The van der Waals surface area contributed by atoms with E-state index in [4.69, 9.17) is 0 Å². The molecule has 26 heavy (non-hydrogen) atoms. The zero-order chi connectivity index (χ0) is 18.7. The summed E-state index contributed by atoms with van der Waals surface area (Å²) in [6, 6.07) is 7.50. The Balaban J connectivity index is 1.68. The number of aromatic nitrogens is 2. The molecule has 0 aliphatic carbocycles. The molecule has 1 aromatic heterocycles. The monoisotopic (exact) mass is 378 g/mol. The van der Waals surface area contributed by atoms with Gasteiger partial charge in [0.05, 0.1) is 11.5 Å². The van der Waals surface area contributed by atoms with Gasteiger partial charge < -0.3 is 10.2 Å². The molecule has 1 aromatic carbocycles. The summed E-state index contributed by atoms with van der Waals surface area (Å²) in [7, 11) is -1.51. The van der Waals surface area contributed by atoms with Crippen LogP contribution in [0.5, 0.6) is 0 Å². The van der Waals surface area contributed by atoms with Gasteiger partial charge in [0.25, 0.3) is 5.91 Å². The van der Waals surface area contributed by atoms with Crippen molar-refractivity contribution < 1.29 is 17.6 Å². The van der Waals surface area contributed by atoms with Crippen LogP contribution in [0.2, 0.25) is 0 Å². The number of hydrogen-bond acceptors (Lipinski definition) is 6. The Morgan fingerprint density at radius 3 is 2.81 bits per heavy atom. The molecule has 2 aromatic rings. The molecular weight excluding hydrogens is 359 g/mol. The minimum Gasteiger partial charge on any atom is -0.366 e. The van der Waals surface area contributed by atoms with Crippen molar-refractivity contribution in [2.75, 3.05) is 23.9 Å². The van der Waals surface area contributed by atoms with Gasteiger partial charge in [-0.1, -0.05) is 18.2 Å². The molecule has 1 aliphatic heterocycles. The highest BCUT2D eigenvalue weighted by atomic mass is 32.2. The lowest BCUT2D eigenvalue weighted by Crippen LogP contribution is -2.38. The molecule has 0 spiro atoms. The van der Waals surface area contributed by atoms with E-state index >= 15 is 0 Å². The number of nitrogens with one attached hydrogen (secondary N) is 1. The highest BCUT2D eigenvalue weighted by Crippen LogP contribution is 2.19. The lowest BCUT2D eigenvalue weighted by atomic mass is 10.2. The molecular formula is C17H19FN4O3S. The second kappa shape index (κ2) is 7.36. The van der Waals surface area contributed by atoms with Crippen LogP contribution in [-0.2, 0) is 16.4 Å². The molecule has 1 saturated heterocycles. The molecule has 1 fully saturated rings. The van der Waals surface area contributed by atoms with Crippen molar-refractivity contribution in [2.45, 2.75) is 19.0 Å². The van der Waals surface area contributed by atoms with Gasteiger partial charge >= 0.3 is 0 Å². The predicted octanol–water partition coefficient (Wildman–Crippen LogP) is 1.49. The van der Waals surface area contributed by atoms with Gasteiger partial charge in [-0.25, -0.2) is 22.8 Å². The van der Waals surface area contributed by atoms with Gasteiger partial charge in [-0.05, 0) is 12.5 Å². The Labute approximate surface area is 151 Å². The van der Waals surface area contributed by atoms with Crippen molar-refractivity contribution in [1.82, 2.24) is 14.9 Å². The molecule has 1 amide bonds. The Morgan fingerprint density at radius 2 is 2.12 bits per heavy atom. The second-order valence-electron chi connectivity index (χ2n) is 6.21. The molecule has 138 valence electrons. The quantitative estimate of drug-likeness (QED) is 0.847. The summed E-state index contributed by atoms with van der Waals surface area (Å²) in [6.45, 7) is 0.216. The number of carbonyl (C=O) groups is 1. The Hall–Kier alpha value is -2.55. The summed E-state index contributed by atoms with van der Waals surface area (Å²) in [5.74, 6) is -0.247. The summed E-state index contributed by atoms with van der Waals surface area (Å²) in [5.41, 5.74) is 0.634. The van der Waals surface area contributed by atoms with E-state index in [1.807, 2.05) is 0 Å². The largest absolute Gasteiger partial charge is 0.366 e. The number of anilines is 1. The predicted molar refractivity (Wildman–Crippen MR) is 94.9 cm³/mol. The number of hydrogen-bond donors (Lipinski definition) is 1. The molecule has 1 unspecified atom stereocenters. The molecule has 7 nitrogen and oxygen atoms in total. The van der Waals surface area contributed by atoms with Gasteiger partial charge in [-0.2, -0.15) is 0 Å². The van der Waals surface area contributed by atoms with Crippen LogP contribution in [0, 0.1) is 5.82 Å². The van der Waals surface area contributed by atoms with E-state index in [9.17, 15) is 17.6 Å². The second-order valence-corrected chi connectivity index (χ2v) is 8.44. The van der Waals surface area contributed by atoms with Gasteiger partial charge in [0.1, 0.15) is 23.7 Å². The van der Waals surface area contributed by atoms with Crippen molar-refractivity contribution in [3.63, 3.8) is 0 Å². The van der Waals surface area contributed by atoms with Crippen LogP contribution in [0.1, 0.15) is 22.5 Å². The fraction of sp³-hybridized carbons (Fsp3) is 0.353. The van der Waals surface area contributed by atoms with Crippen molar-refractivity contribution in [3.8, 4) is 0 Å². The maximum atomic E-state index is 13.7. The molecule has 0 bridgehead atoms. The van der Waals surface area contributed by atoms with Gasteiger partial charge in [0.15, 0.2) is 9.84 Å². The van der Waals surface area contributed by atoms with Crippen LogP contribution < -0.4 is 5.32 Å². The average molecular weight is 378 g/mol. The number of nitrogens with zero attached hydrogens (tertiary/aromatic N) is 3. The van der Waals surface area contributed by atoms with Crippen LogP contribution in [0.4, 0.5) is 10.2 Å². The van der Waals surface area contributed by atoms with E-state index in [1.165, 1.54) is 23.4 Å². The highest BCUT2D eigenvalue weighted by molar-refractivity contribution is 7.91. The van der Waals surface area contributed by atoms with Crippen LogP contribution >= 0.6 is 0 Å². The number of amides is 1. The third-order valence-electron chi connectivity index (χ3n) is 4.38. The number of rotatable bonds is 5. The van der Waals surface area contributed by atoms with E-state index < -0.39 is 9.84 Å². The molecule has 0 saturated carbocycles. The highest BCUT2D eigenvalue weighted by Gasteiger charge is 2.33. The number of carbonyl (C=O) groups excluding carboxylic acids is 1. The Morgan fingerprint density at radius 1 is 1.35 bits per heavy atom. The first-order chi connectivity index (χ1) is 12.4. The number of halogens is 1. The fourth-order valence-corrected chi connectivity index (χ4v) is 4.60. The Bertz CT molecular complexity index is 920. The van der Waals surface area contributed by atoms with Crippen LogP contribution in [0.15, 0.2) is 36.7 Å². The minimum absolute atomic E-state index is 0.0291. The van der Waals surface area contributed by atoms with Crippen molar-refractivity contribution in [2.24, 2.45) is 0 Å². The third kappa shape index (κ3) is 4.16. The molecule has 1 N–H and O–H groups in total. The third-order valence-corrected chi connectivity index (χ3v) is 6.13. The molecule has 9 heteroatoms. The molecule has 2 heterocycles. The minimum atomic E-state index is -3.08. The SMILES string of the molecule is CN(C(=O)c1cc(NCc2ccccc2F)ncn1)C1CCS(=O)(=O)C1. The lowest BCUT2D eigenvalue weighted by molar-refractivity contribution is 0.0741. The van der Waals surface area contributed by atoms with Gasteiger partial charge in [-0.3, -0.25) is 4.79 Å². The first-order valence-electron chi connectivity index (χ1n) is 8.12. The zero-order valence-electron chi connectivity index (χ0n) is 14.2. The summed E-state index contributed by atoms with van der Waals surface area (Å²) in [5, 5.41) is 2.96. The van der Waals surface area contributed by atoms with Gasteiger partial charge in [0, 0.05) is 31.3 Å². The summed E-state index contributed by atoms with van der Waals surface area (Å²) in [6.07, 6.45) is 1.67. The summed E-state index contributed by atoms with van der Waals surface area (Å²) < 4.78 is 36.9. The smallest absolute Gasteiger partial charge is 0.272 e. The number of benzene rings is 1. The van der Waals surface area contributed by atoms with Crippen LogP contribution in [0.3, 0.4) is 0 Å². The van der Waals surface area contributed by atoms with Crippen molar-refractivity contribution in [3.05, 3.63) is 53.7 Å². The average Bonchev–Trinajstić information content (AvgIpc) is 3.00. The van der Waals surface area contributed by atoms with Crippen molar-refractivity contribution >= 4 is 21.6 Å². The maximum Gasteiger partial charge on any atom is 0.272 e. The Kier molecular flexibility index (Phi) is 5.17. The van der Waals surface area contributed by atoms with Gasteiger partial charge in [-0.15, -0.1) is 0 Å². The lowest BCUT2D eigenvalue weighted by Gasteiger charge is -2.23. The van der Waals surface area contributed by atoms with Gasteiger partial charge in [0.2, 0.25) is 0 Å². The van der Waals surface area contributed by atoms with Crippen LogP contribution in [-0.4, -0.2) is 53.8 Å². The fourth-order valence-electron chi connectivity index (χ4n) is 2.83. The van der Waals surface area contributed by atoms with Crippen molar-refractivity contribution in [1.29, 1.82) is 0 Å². The normalized spacial score (nSPS) is 18.5. The maximum absolute atomic E-state index is 13.7. The molecule has 1 atom stereocenters. The molecule has 1 aliphatic rings. The molecule has 0 radical (unpaired) electrons. The van der Waals surface area contributed by atoms with E-state index in [0.717, 1.165) is 0 Å².